The Morgan fingerprint density at radius 3 is 2.42 bits per heavy atom. The lowest BCUT2D eigenvalue weighted by Gasteiger charge is -2.08. The van der Waals surface area contributed by atoms with Gasteiger partial charge in [0.1, 0.15) is 10.7 Å². The number of benzene rings is 2. The number of halogens is 1. The van der Waals surface area contributed by atoms with Crippen LogP contribution in [0.4, 0.5) is 4.39 Å². The molecule has 0 unspecified atom stereocenters. The van der Waals surface area contributed by atoms with Gasteiger partial charge in [0.25, 0.3) is 0 Å². The van der Waals surface area contributed by atoms with Crippen LogP contribution in [0.15, 0.2) is 72.1 Å². The van der Waals surface area contributed by atoms with E-state index in [4.69, 9.17) is 0 Å². The highest BCUT2D eigenvalue weighted by Gasteiger charge is 2.17. The molecule has 2 aromatic carbocycles. The maximum absolute atomic E-state index is 13.6. The van der Waals surface area contributed by atoms with Crippen LogP contribution >= 0.6 is 0 Å². The molecule has 0 saturated carbocycles. The minimum absolute atomic E-state index is 0.0992. The average molecular weight is 345 g/mol. The Bertz CT molecular complexity index is 907. The van der Waals surface area contributed by atoms with E-state index in [-0.39, 0.29) is 11.4 Å². The molecule has 3 aromatic rings. The van der Waals surface area contributed by atoms with Gasteiger partial charge in [-0.1, -0.05) is 36.4 Å². The van der Waals surface area contributed by atoms with Crippen molar-refractivity contribution >= 4 is 10.0 Å². The van der Waals surface area contributed by atoms with Crippen LogP contribution in [0.1, 0.15) is 11.1 Å². The second-order valence-corrected chi connectivity index (χ2v) is 7.04. The summed E-state index contributed by atoms with van der Waals surface area (Å²) in [7, 11) is -3.88. The minimum Gasteiger partial charge on any atom is -0.333 e. The summed E-state index contributed by atoms with van der Waals surface area (Å²) in [5.41, 5.74) is 1.87. The van der Waals surface area contributed by atoms with Gasteiger partial charge < -0.3 is 4.57 Å². The molecule has 7 heteroatoms. The quantitative estimate of drug-likeness (QED) is 0.747. The molecule has 0 amide bonds. The smallest absolute Gasteiger partial charge is 0.243 e. The Morgan fingerprint density at radius 1 is 1.04 bits per heavy atom. The fourth-order valence-corrected chi connectivity index (χ4v) is 3.37. The topological polar surface area (TPSA) is 64.0 Å². The molecule has 0 atom stereocenters. The molecule has 0 aliphatic heterocycles. The molecule has 1 N–H and O–H groups in total. The lowest BCUT2D eigenvalue weighted by molar-refractivity contribution is 0.557. The van der Waals surface area contributed by atoms with Crippen molar-refractivity contribution < 1.29 is 12.8 Å². The average Bonchev–Trinajstić information content (AvgIpc) is 3.07. The number of aromatic nitrogens is 2. The first-order valence-corrected chi connectivity index (χ1v) is 8.81. The van der Waals surface area contributed by atoms with Crippen LogP contribution < -0.4 is 4.72 Å². The van der Waals surface area contributed by atoms with Crippen LogP contribution in [-0.4, -0.2) is 18.0 Å². The SMILES string of the molecule is O=S(=O)(NCc1ccc(Cn2ccnc2)cc1)c1ccccc1F. The lowest BCUT2D eigenvalue weighted by atomic mass is 10.1. The number of hydrogen-bond acceptors (Lipinski definition) is 3. The predicted octanol–water partition coefficient (Wildman–Crippen LogP) is 2.55. The maximum Gasteiger partial charge on any atom is 0.243 e. The van der Waals surface area contributed by atoms with Gasteiger partial charge in [0.15, 0.2) is 0 Å². The standard InChI is InChI=1S/C17H16FN3O2S/c18-16-3-1-2-4-17(16)24(22,23)20-11-14-5-7-15(8-6-14)12-21-10-9-19-13-21/h1-10,13,20H,11-12H2. The fourth-order valence-electron chi connectivity index (χ4n) is 2.27. The van der Waals surface area contributed by atoms with Crippen LogP contribution in [-0.2, 0) is 23.1 Å². The number of hydrogen-bond donors (Lipinski definition) is 1. The van der Waals surface area contributed by atoms with Crippen molar-refractivity contribution in [2.45, 2.75) is 18.0 Å². The van der Waals surface area contributed by atoms with Gasteiger partial charge in [-0.05, 0) is 23.3 Å². The summed E-state index contributed by atoms with van der Waals surface area (Å²) in [6.45, 7) is 0.795. The molecule has 3 rings (SSSR count). The Morgan fingerprint density at radius 2 is 1.75 bits per heavy atom. The zero-order chi connectivity index (χ0) is 17.0. The summed E-state index contributed by atoms with van der Waals surface area (Å²) >= 11 is 0. The van der Waals surface area contributed by atoms with Gasteiger partial charge in [-0.15, -0.1) is 0 Å². The van der Waals surface area contributed by atoms with Gasteiger partial charge in [-0.25, -0.2) is 22.5 Å². The van der Waals surface area contributed by atoms with Crippen LogP contribution in [0.5, 0.6) is 0 Å². The summed E-state index contributed by atoms with van der Waals surface area (Å²) in [5.74, 6) is -0.763. The minimum atomic E-state index is -3.88. The van der Waals surface area contributed by atoms with Crippen molar-refractivity contribution in [3.63, 3.8) is 0 Å². The molecule has 24 heavy (non-hydrogen) atoms. The summed E-state index contributed by atoms with van der Waals surface area (Å²) < 4.78 is 42.3. The first-order chi connectivity index (χ1) is 11.5. The molecule has 0 radical (unpaired) electrons. The molecular weight excluding hydrogens is 329 g/mol. The van der Waals surface area contributed by atoms with E-state index in [1.807, 2.05) is 35.0 Å². The Balaban J connectivity index is 1.65. The number of rotatable bonds is 6. The summed E-state index contributed by atoms with van der Waals surface area (Å²) in [4.78, 5) is 3.64. The molecule has 1 aromatic heterocycles. The molecule has 124 valence electrons. The van der Waals surface area contributed by atoms with Crippen LogP contribution in [0.25, 0.3) is 0 Å². The second kappa shape index (κ2) is 6.94. The van der Waals surface area contributed by atoms with E-state index in [0.717, 1.165) is 17.2 Å². The fraction of sp³-hybridized carbons (Fsp3) is 0.118. The third-order valence-corrected chi connectivity index (χ3v) is 4.97. The molecule has 0 aliphatic rings. The molecule has 0 fully saturated rings. The Labute approximate surface area is 139 Å². The first kappa shape index (κ1) is 16.4. The third kappa shape index (κ3) is 3.87. The zero-order valence-corrected chi connectivity index (χ0v) is 13.6. The van der Waals surface area contributed by atoms with Gasteiger partial charge in [0, 0.05) is 25.5 Å². The van der Waals surface area contributed by atoms with Gasteiger partial charge >= 0.3 is 0 Å². The molecule has 0 aliphatic carbocycles. The number of sulfonamides is 1. The van der Waals surface area contributed by atoms with E-state index in [1.54, 1.807) is 12.5 Å². The maximum atomic E-state index is 13.6. The molecule has 1 heterocycles. The van der Waals surface area contributed by atoms with Crippen LogP contribution in [0.3, 0.4) is 0 Å². The largest absolute Gasteiger partial charge is 0.333 e. The van der Waals surface area contributed by atoms with E-state index in [0.29, 0.717) is 6.54 Å². The Kier molecular flexibility index (Phi) is 4.73. The van der Waals surface area contributed by atoms with Crippen molar-refractivity contribution in [2.24, 2.45) is 0 Å². The van der Waals surface area contributed by atoms with Gasteiger partial charge in [-0.3, -0.25) is 0 Å². The lowest BCUT2D eigenvalue weighted by Crippen LogP contribution is -2.24. The summed E-state index contributed by atoms with van der Waals surface area (Å²) in [6, 6.07) is 12.8. The van der Waals surface area contributed by atoms with Gasteiger partial charge in [-0.2, -0.15) is 0 Å². The summed E-state index contributed by atoms with van der Waals surface area (Å²) in [6.07, 6.45) is 5.32. The van der Waals surface area contributed by atoms with E-state index in [1.165, 1.54) is 18.2 Å². The van der Waals surface area contributed by atoms with Crippen LogP contribution in [0, 0.1) is 5.82 Å². The van der Waals surface area contributed by atoms with Gasteiger partial charge in [0.05, 0.1) is 6.33 Å². The van der Waals surface area contributed by atoms with Crippen molar-refractivity contribution in [1.82, 2.24) is 14.3 Å². The molecular formula is C17H16FN3O2S. The van der Waals surface area contributed by atoms with E-state index in [2.05, 4.69) is 9.71 Å². The molecule has 0 bridgehead atoms. The number of nitrogens with zero attached hydrogens (tertiary/aromatic N) is 2. The molecule has 0 saturated heterocycles. The molecule has 0 spiro atoms. The third-order valence-electron chi connectivity index (χ3n) is 3.54. The highest BCUT2D eigenvalue weighted by atomic mass is 32.2. The summed E-state index contributed by atoms with van der Waals surface area (Å²) in [5, 5.41) is 0. The zero-order valence-electron chi connectivity index (χ0n) is 12.8. The van der Waals surface area contributed by atoms with E-state index < -0.39 is 15.8 Å². The highest BCUT2D eigenvalue weighted by Crippen LogP contribution is 2.14. The molecule has 5 nitrogen and oxygen atoms in total. The highest BCUT2D eigenvalue weighted by molar-refractivity contribution is 7.89. The van der Waals surface area contributed by atoms with Crippen molar-refractivity contribution in [2.75, 3.05) is 0 Å². The monoisotopic (exact) mass is 345 g/mol. The Hall–Kier alpha value is -2.51. The second-order valence-electron chi connectivity index (χ2n) is 5.31. The van der Waals surface area contributed by atoms with Crippen LogP contribution in [0.2, 0.25) is 0 Å². The van der Waals surface area contributed by atoms with Crippen molar-refractivity contribution in [1.29, 1.82) is 0 Å². The van der Waals surface area contributed by atoms with Crippen molar-refractivity contribution in [3.05, 3.63) is 84.2 Å². The number of imidazole rings is 1. The van der Waals surface area contributed by atoms with E-state index in [9.17, 15) is 12.8 Å². The number of nitrogens with one attached hydrogen (secondary N) is 1. The van der Waals surface area contributed by atoms with Crippen molar-refractivity contribution in [3.8, 4) is 0 Å². The normalized spacial score (nSPS) is 11.5. The predicted molar refractivity (Wildman–Crippen MR) is 88.2 cm³/mol. The van der Waals surface area contributed by atoms with E-state index >= 15 is 0 Å². The van der Waals surface area contributed by atoms with Gasteiger partial charge in [0.2, 0.25) is 10.0 Å². The first-order valence-electron chi connectivity index (χ1n) is 7.32.